The Balaban J connectivity index is 2.13. The number of fused-ring (bicyclic) bond motifs is 1. The molecule has 0 heterocycles. The summed E-state index contributed by atoms with van der Waals surface area (Å²) in [7, 11) is -2.80. The third-order valence-electron chi connectivity index (χ3n) is 12.1. The zero-order valence-electron chi connectivity index (χ0n) is 28.5. The largest absolute Gasteiger partial charge is 0.547 e. The van der Waals surface area contributed by atoms with Crippen LogP contribution in [-0.2, 0) is 18.4 Å². The lowest BCUT2D eigenvalue weighted by atomic mass is 9.59. The molecule has 0 unspecified atom stereocenters. The van der Waals surface area contributed by atoms with Gasteiger partial charge in [-0.25, -0.2) is 4.79 Å². The zero-order valence-corrected chi connectivity index (χ0v) is 30.5. The second-order valence-corrected chi connectivity index (χ2v) is 26.8. The summed E-state index contributed by atoms with van der Waals surface area (Å²) < 4.78 is 19.5. The van der Waals surface area contributed by atoms with Crippen molar-refractivity contribution < 1.29 is 18.4 Å². The molecule has 6 heteroatoms. The Hall–Kier alpha value is -0.856. The number of carbonyl (C=O) groups excluding carboxylic acids is 1. The van der Waals surface area contributed by atoms with E-state index in [1.54, 1.807) is 0 Å². The van der Waals surface area contributed by atoms with E-state index >= 15 is 0 Å². The average Bonchev–Trinajstić information content (AvgIpc) is 3.34. The average molecular weight is 591 g/mol. The lowest BCUT2D eigenvalue weighted by Crippen LogP contribution is -2.51. The number of hydrogen-bond donors (Lipinski definition) is 0. The second kappa shape index (κ2) is 11.0. The molecule has 0 aliphatic heterocycles. The summed E-state index contributed by atoms with van der Waals surface area (Å²) in [5.41, 5.74) is 1.70. The first-order valence-corrected chi connectivity index (χ1v) is 21.6. The van der Waals surface area contributed by atoms with Gasteiger partial charge in [-0.3, -0.25) is 0 Å². The molecule has 3 aliphatic carbocycles. The van der Waals surface area contributed by atoms with Gasteiger partial charge in [0, 0.05) is 12.3 Å². The molecule has 0 radical (unpaired) electrons. The third kappa shape index (κ3) is 6.25. The highest BCUT2D eigenvalue weighted by atomic mass is 28.4. The Kier molecular flexibility index (Phi) is 9.26. The van der Waals surface area contributed by atoms with Crippen LogP contribution in [0.25, 0.3) is 0 Å². The first-order chi connectivity index (χ1) is 18.0. The maximum absolute atomic E-state index is 13.6. The second-order valence-electron chi connectivity index (χ2n) is 17.3. The summed E-state index contributed by atoms with van der Waals surface area (Å²) in [6, 6.07) is 0. The molecular formula is C34H62O4Si2. The molecule has 0 N–H and O–H groups in total. The van der Waals surface area contributed by atoms with Gasteiger partial charge in [0.2, 0.25) is 8.32 Å². The van der Waals surface area contributed by atoms with Crippen LogP contribution in [0.15, 0.2) is 24.0 Å². The molecular weight excluding hydrogens is 529 g/mol. The van der Waals surface area contributed by atoms with Crippen molar-refractivity contribution >= 4 is 22.6 Å². The number of hydrogen-bond acceptors (Lipinski definition) is 4. The molecule has 0 amide bonds. The highest BCUT2D eigenvalue weighted by Gasteiger charge is 2.59. The number of carbonyl (C=O) groups is 1. The molecule has 40 heavy (non-hydrogen) atoms. The van der Waals surface area contributed by atoms with E-state index in [1.165, 1.54) is 31.9 Å². The topological polar surface area (TPSA) is 44.8 Å². The normalized spacial score (nSPS) is 32.2. The van der Waals surface area contributed by atoms with Gasteiger partial charge in [0.25, 0.3) is 0 Å². The van der Waals surface area contributed by atoms with E-state index in [2.05, 4.69) is 94.6 Å². The Bertz CT molecular complexity index is 996. The summed E-state index contributed by atoms with van der Waals surface area (Å²) >= 11 is 0. The van der Waals surface area contributed by atoms with Crippen molar-refractivity contribution in [2.75, 3.05) is 7.11 Å². The van der Waals surface area contributed by atoms with Crippen LogP contribution in [0.1, 0.15) is 101 Å². The summed E-state index contributed by atoms with van der Waals surface area (Å²) in [5, 5.41) is 0.0893. The molecule has 0 saturated heterocycles. The Morgan fingerprint density at radius 3 is 2.10 bits per heavy atom. The quantitative estimate of drug-likeness (QED) is 0.168. The minimum absolute atomic E-state index is 0.00434. The van der Waals surface area contributed by atoms with Crippen LogP contribution in [0.4, 0.5) is 0 Å². The van der Waals surface area contributed by atoms with E-state index in [4.69, 9.17) is 20.2 Å². The first kappa shape index (κ1) is 33.6. The van der Waals surface area contributed by atoms with Crippen LogP contribution in [0.2, 0.25) is 36.3 Å². The van der Waals surface area contributed by atoms with Crippen LogP contribution in [-0.4, -0.2) is 35.8 Å². The van der Waals surface area contributed by atoms with Crippen molar-refractivity contribution in [2.45, 2.75) is 143 Å². The number of ether oxygens (including phenoxy) is 1. The van der Waals surface area contributed by atoms with Crippen molar-refractivity contribution in [3.8, 4) is 0 Å². The van der Waals surface area contributed by atoms with Gasteiger partial charge >= 0.3 is 5.97 Å². The Morgan fingerprint density at radius 2 is 1.57 bits per heavy atom. The fourth-order valence-corrected chi connectivity index (χ4v) is 9.90. The standard InChI is InChI=1S/C34H62O4Si2/c1-23-17-16-19-33(8,9)26-18-20-34(10,28(23)26)27-22-24(37-39(12,13)31(2,3)4)21-25(27)29(30(35)36-11)38-40(14,15)32(5,6)7/h22,25-29H,1,16-21H2,2-15H3/t25-,26-,27-,28-,29-,34-/m1/s1. The van der Waals surface area contributed by atoms with Crippen LogP contribution in [0.3, 0.4) is 0 Å². The molecule has 4 nitrogen and oxygen atoms in total. The number of esters is 1. The fraction of sp³-hybridized carbons (Fsp3) is 0.853. The lowest BCUT2D eigenvalue weighted by Gasteiger charge is -2.46. The molecule has 2 fully saturated rings. The van der Waals surface area contributed by atoms with Crippen molar-refractivity contribution in [3.63, 3.8) is 0 Å². The molecule has 2 saturated carbocycles. The Labute approximate surface area is 249 Å². The van der Waals surface area contributed by atoms with Gasteiger partial charge in [-0.2, -0.15) is 0 Å². The predicted octanol–water partition coefficient (Wildman–Crippen LogP) is 9.89. The SMILES string of the molecule is C=C1CCCC(C)(C)[C@@H]2CC[C@](C)([C@@H]3C=C(O[Si](C)(C)C(C)(C)C)C[C@H]3[C@@H](O[Si](C)(C)C(C)(C)C)C(=O)OC)[C@H]12. The highest BCUT2D eigenvalue weighted by Crippen LogP contribution is 2.65. The predicted molar refractivity (Wildman–Crippen MR) is 173 cm³/mol. The molecule has 0 spiro atoms. The minimum atomic E-state index is -2.26. The van der Waals surface area contributed by atoms with Crippen molar-refractivity contribution in [2.24, 2.45) is 34.5 Å². The van der Waals surface area contributed by atoms with E-state index in [0.29, 0.717) is 17.3 Å². The molecule has 0 aromatic carbocycles. The van der Waals surface area contributed by atoms with Crippen LogP contribution in [0.5, 0.6) is 0 Å². The summed E-state index contributed by atoms with van der Waals surface area (Å²) in [5.74, 6) is 2.04. The monoisotopic (exact) mass is 590 g/mol. The van der Waals surface area contributed by atoms with Gasteiger partial charge in [0.15, 0.2) is 8.32 Å². The zero-order chi connectivity index (χ0) is 30.7. The smallest absolute Gasteiger partial charge is 0.334 e. The highest BCUT2D eigenvalue weighted by molar-refractivity contribution is 6.74. The minimum Gasteiger partial charge on any atom is -0.547 e. The van der Waals surface area contributed by atoms with Gasteiger partial charge in [0.05, 0.1) is 12.9 Å². The molecule has 230 valence electrons. The van der Waals surface area contributed by atoms with Crippen LogP contribution < -0.4 is 0 Å². The lowest BCUT2D eigenvalue weighted by molar-refractivity contribution is -0.154. The fourth-order valence-electron chi connectivity index (χ4n) is 7.53. The number of allylic oxidation sites excluding steroid dienone is 3. The van der Waals surface area contributed by atoms with Crippen molar-refractivity contribution in [1.29, 1.82) is 0 Å². The van der Waals surface area contributed by atoms with E-state index in [9.17, 15) is 4.79 Å². The molecule has 0 aromatic rings. The van der Waals surface area contributed by atoms with Crippen molar-refractivity contribution in [1.82, 2.24) is 0 Å². The molecule has 0 aromatic heterocycles. The van der Waals surface area contributed by atoms with Gasteiger partial charge in [-0.15, -0.1) is 0 Å². The first-order valence-electron chi connectivity index (χ1n) is 15.8. The van der Waals surface area contributed by atoms with E-state index < -0.39 is 22.7 Å². The third-order valence-corrected chi connectivity index (χ3v) is 21.0. The maximum Gasteiger partial charge on any atom is 0.334 e. The van der Waals surface area contributed by atoms with E-state index in [-0.39, 0.29) is 33.3 Å². The van der Waals surface area contributed by atoms with E-state index in [0.717, 1.165) is 25.0 Å². The molecule has 3 rings (SSSR count). The summed E-state index contributed by atoms with van der Waals surface area (Å²) in [6.45, 7) is 34.9. The number of rotatable bonds is 7. The summed E-state index contributed by atoms with van der Waals surface area (Å²) in [4.78, 5) is 13.6. The molecule has 3 aliphatic rings. The molecule has 0 bridgehead atoms. The van der Waals surface area contributed by atoms with Crippen LogP contribution >= 0.6 is 0 Å². The van der Waals surface area contributed by atoms with Gasteiger partial charge in [0.1, 0.15) is 6.10 Å². The number of methoxy groups -OCH3 is 1. The van der Waals surface area contributed by atoms with Gasteiger partial charge < -0.3 is 13.6 Å². The molecule has 6 atom stereocenters. The maximum atomic E-state index is 13.6. The van der Waals surface area contributed by atoms with E-state index in [1.807, 2.05) is 0 Å². The van der Waals surface area contributed by atoms with Gasteiger partial charge in [-0.1, -0.05) is 74.5 Å². The van der Waals surface area contributed by atoms with Crippen LogP contribution in [0, 0.1) is 34.5 Å². The summed E-state index contributed by atoms with van der Waals surface area (Å²) in [6.07, 6.45) is 8.51. The van der Waals surface area contributed by atoms with Gasteiger partial charge in [-0.05, 0) is 103 Å². The van der Waals surface area contributed by atoms with Crippen molar-refractivity contribution in [3.05, 3.63) is 24.0 Å². The Morgan fingerprint density at radius 1 is 1.00 bits per heavy atom.